The fraction of sp³-hybridized carbons (Fsp3) is 0.0455. The SMILES string of the molecule is Cc1cccc(NC(=O)c2ccccc2NC(=O)c2csc(-c3ccoc3)n2)c1. The van der Waals surface area contributed by atoms with Crippen LogP contribution in [0.3, 0.4) is 0 Å². The van der Waals surface area contributed by atoms with Crippen LogP contribution in [0.5, 0.6) is 0 Å². The molecule has 2 aromatic heterocycles. The summed E-state index contributed by atoms with van der Waals surface area (Å²) in [5, 5.41) is 8.01. The highest BCUT2D eigenvalue weighted by Crippen LogP contribution is 2.25. The van der Waals surface area contributed by atoms with E-state index < -0.39 is 0 Å². The van der Waals surface area contributed by atoms with Gasteiger partial charge in [0.15, 0.2) is 0 Å². The Morgan fingerprint density at radius 2 is 1.86 bits per heavy atom. The van der Waals surface area contributed by atoms with Crippen LogP contribution in [0.2, 0.25) is 0 Å². The normalized spacial score (nSPS) is 10.5. The van der Waals surface area contributed by atoms with Crippen molar-refractivity contribution in [2.24, 2.45) is 0 Å². The van der Waals surface area contributed by atoms with E-state index in [4.69, 9.17) is 4.42 Å². The lowest BCUT2D eigenvalue weighted by atomic mass is 10.1. The summed E-state index contributed by atoms with van der Waals surface area (Å²) in [4.78, 5) is 29.7. The first kappa shape index (κ1) is 18.6. The molecule has 0 saturated heterocycles. The number of thiazole rings is 1. The minimum absolute atomic E-state index is 0.278. The quantitative estimate of drug-likeness (QED) is 0.479. The lowest BCUT2D eigenvalue weighted by Crippen LogP contribution is -2.18. The van der Waals surface area contributed by atoms with E-state index in [2.05, 4.69) is 15.6 Å². The fourth-order valence-corrected chi connectivity index (χ4v) is 3.58. The second-order valence-corrected chi connectivity index (χ2v) is 7.23. The number of hydrogen-bond donors (Lipinski definition) is 2. The maximum atomic E-state index is 12.7. The van der Waals surface area contributed by atoms with Crippen molar-refractivity contribution in [2.75, 3.05) is 10.6 Å². The predicted molar refractivity (Wildman–Crippen MR) is 113 cm³/mol. The van der Waals surface area contributed by atoms with Crippen LogP contribution in [-0.2, 0) is 0 Å². The molecule has 0 saturated carbocycles. The zero-order chi connectivity index (χ0) is 20.2. The molecule has 29 heavy (non-hydrogen) atoms. The molecule has 0 atom stereocenters. The van der Waals surface area contributed by atoms with Gasteiger partial charge in [-0.1, -0.05) is 24.3 Å². The number of anilines is 2. The van der Waals surface area contributed by atoms with E-state index in [0.29, 0.717) is 21.9 Å². The number of para-hydroxylation sites is 1. The van der Waals surface area contributed by atoms with E-state index in [0.717, 1.165) is 11.1 Å². The van der Waals surface area contributed by atoms with Gasteiger partial charge in [-0.2, -0.15) is 0 Å². The number of nitrogens with zero attached hydrogens (tertiary/aromatic N) is 1. The molecular formula is C22H17N3O3S. The summed E-state index contributed by atoms with van der Waals surface area (Å²) >= 11 is 1.35. The van der Waals surface area contributed by atoms with E-state index in [1.54, 1.807) is 48.2 Å². The molecule has 0 radical (unpaired) electrons. The lowest BCUT2D eigenvalue weighted by Gasteiger charge is -2.11. The molecule has 2 heterocycles. The van der Waals surface area contributed by atoms with Gasteiger partial charge in [0.05, 0.1) is 17.5 Å². The van der Waals surface area contributed by atoms with Crippen molar-refractivity contribution in [3.8, 4) is 10.6 Å². The number of carbonyl (C=O) groups excluding carboxylic acids is 2. The second-order valence-electron chi connectivity index (χ2n) is 6.37. The first-order valence-corrected chi connectivity index (χ1v) is 9.74. The monoisotopic (exact) mass is 403 g/mol. The summed E-state index contributed by atoms with van der Waals surface area (Å²) in [5.41, 5.74) is 3.61. The van der Waals surface area contributed by atoms with E-state index in [1.807, 2.05) is 31.2 Å². The average molecular weight is 403 g/mol. The summed E-state index contributed by atoms with van der Waals surface area (Å²) in [6, 6.07) is 16.2. The van der Waals surface area contributed by atoms with Crippen LogP contribution >= 0.6 is 11.3 Å². The largest absolute Gasteiger partial charge is 0.472 e. The van der Waals surface area contributed by atoms with Gasteiger partial charge in [0.25, 0.3) is 11.8 Å². The maximum absolute atomic E-state index is 12.7. The van der Waals surface area contributed by atoms with E-state index in [-0.39, 0.29) is 17.5 Å². The molecule has 4 aromatic rings. The number of amides is 2. The summed E-state index contributed by atoms with van der Waals surface area (Å²) in [6.07, 6.45) is 3.13. The Kier molecular flexibility index (Phi) is 5.22. The molecule has 0 aliphatic heterocycles. The van der Waals surface area contributed by atoms with Crippen molar-refractivity contribution in [2.45, 2.75) is 6.92 Å². The van der Waals surface area contributed by atoms with E-state index in [1.165, 1.54) is 11.3 Å². The molecular weight excluding hydrogens is 386 g/mol. The molecule has 0 unspecified atom stereocenters. The van der Waals surface area contributed by atoms with Crippen molar-refractivity contribution in [1.29, 1.82) is 0 Å². The number of aryl methyl sites for hydroxylation is 1. The zero-order valence-electron chi connectivity index (χ0n) is 15.5. The summed E-state index contributed by atoms with van der Waals surface area (Å²) in [6.45, 7) is 1.95. The molecule has 0 fully saturated rings. The molecule has 2 N–H and O–H groups in total. The second kappa shape index (κ2) is 8.12. The van der Waals surface area contributed by atoms with Crippen LogP contribution in [0.25, 0.3) is 10.6 Å². The highest BCUT2D eigenvalue weighted by Gasteiger charge is 2.17. The minimum atomic E-state index is -0.383. The Labute approximate surface area is 171 Å². The minimum Gasteiger partial charge on any atom is -0.472 e. The Bertz CT molecular complexity index is 1170. The summed E-state index contributed by atoms with van der Waals surface area (Å²) in [7, 11) is 0. The maximum Gasteiger partial charge on any atom is 0.275 e. The molecule has 0 aliphatic carbocycles. The third-order valence-corrected chi connectivity index (χ3v) is 5.09. The van der Waals surface area contributed by atoms with Crippen molar-refractivity contribution in [1.82, 2.24) is 4.98 Å². The van der Waals surface area contributed by atoms with Crippen molar-refractivity contribution >= 4 is 34.5 Å². The smallest absolute Gasteiger partial charge is 0.275 e. The van der Waals surface area contributed by atoms with Gasteiger partial charge in [0.2, 0.25) is 0 Å². The summed E-state index contributed by atoms with van der Waals surface area (Å²) in [5.74, 6) is -0.685. The van der Waals surface area contributed by atoms with Crippen molar-refractivity contribution in [3.05, 3.63) is 89.3 Å². The van der Waals surface area contributed by atoms with Crippen LogP contribution in [0.1, 0.15) is 26.4 Å². The lowest BCUT2D eigenvalue weighted by molar-refractivity contribution is 0.102. The molecule has 7 heteroatoms. The van der Waals surface area contributed by atoms with E-state index in [9.17, 15) is 9.59 Å². The van der Waals surface area contributed by atoms with Gasteiger partial charge in [-0.25, -0.2) is 4.98 Å². The van der Waals surface area contributed by atoms with E-state index >= 15 is 0 Å². The van der Waals surface area contributed by atoms with Gasteiger partial charge in [-0.3, -0.25) is 9.59 Å². The first-order valence-electron chi connectivity index (χ1n) is 8.86. The average Bonchev–Trinajstić information content (AvgIpc) is 3.40. The van der Waals surface area contributed by atoms with Crippen LogP contribution in [-0.4, -0.2) is 16.8 Å². The number of nitrogens with one attached hydrogen (secondary N) is 2. The Morgan fingerprint density at radius 1 is 1.00 bits per heavy atom. The van der Waals surface area contributed by atoms with Crippen LogP contribution in [0, 0.1) is 6.92 Å². The predicted octanol–water partition coefficient (Wildman–Crippen LogP) is 5.22. The highest BCUT2D eigenvalue weighted by atomic mass is 32.1. The van der Waals surface area contributed by atoms with Gasteiger partial charge in [0, 0.05) is 16.6 Å². The molecule has 0 aliphatic rings. The molecule has 144 valence electrons. The number of furan rings is 1. The Morgan fingerprint density at radius 3 is 2.66 bits per heavy atom. The van der Waals surface area contributed by atoms with Crippen molar-refractivity contribution < 1.29 is 14.0 Å². The number of benzene rings is 2. The molecule has 2 amide bonds. The number of aromatic nitrogens is 1. The van der Waals surface area contributed by atoms with Crippen LogP contribution in [0.4, 0.5) is 11.4 Å². The molecule has 2 aromatic carbocycles. The first-order chi connectivity index (χ1) is 14.1. The standard InChI is InChI=1S/C22H17N3O3S/c1-14-5-4-6-16(11-14)23-20(26)17-7-2-3-8-18(17)24-21(27)19-13-29-22(25-19)15-9-10-28-12-15/h2-13H,1H3,(H,23,26)(H,24,27). The number of carbonyl (C=O) groups is 2. The van der Waals surface area contributed by atoms with Crippen LogP contribution < -0.4 is 10.6 Å². The molecule has 4 rings (SSSR count). The van der Waals surface area contributed by atoms with Gasteiger partial charge < -0.3 is 15.1 Å². The fourth-order valence-electron chi connectivity index (χ4n) is 2.79. The Balaban J connectivity index is 1.52. The molecule has 0 spiro atoms. The third kappa shape index (κ3) is 4.25. The Hall–Kier alpha value is -3.71. The zero-order valence-corrected chi connectivity index (χ0v) is 16.3. The highest BCUT2D eigenvalue weighted by molar-refractivity contribution is 7.13. The van der Waals surface area contributed by atoms with Gasteiger partial charge >= 0.3 is 0 Å². The van der Waals surface area contributed by atoms with Gasteiger partial charge in [-0.15, -0.1) is 11.3 Å². The van der Waals surface area contributed by atoms with Gasteiger partial charge in [-0.05, 0) is 42.8 Å². The number of hydrogen-bond acceptors (Lipinski definition) is 5. The van der Waals surface area contributed by atoms with Gasteiger partial charge in [0.1, 0.15) is 17.0 Å². The topological polar surface area (TPSA) is 84.2 Å². The molecule has 0 bridgehead atoms. The molecule has 6 nitrogen and oxygen atoms in total. The number of rotatable bonds is 5. The van der Waals surface area contributed by atoms with Crippen molar-refractivity contribution in [3.63, 3.8) is 0 Å². The van der Waals surface area contributed by atoms with Crippen LogP contribution in [0.15, 0.2) is 76.9 Å². The summed E-state index contributed by atoms with van der Waals surface area (Å²) < 4.78 is 5.05. The third-order valence-electron chi connectivity index (χ3n) is 4.20.